The Hall–Kier alpha value is -1.93. The third-order valence-corrected chi connectivity index (χ3v) is 11.4. The number of carbonyl (C=O) groups is 1. The molecule has 1 amide bonds. The summed E-state index contributed by atoms with van der Waals surface area (Å²) < 4.78 is 29.1. The Balaban J connectivity index is 1.72. The van der Waals surface area contributed by atoms with Crippen molar-refractivity contribution in [1.29, 1.82) is 0 Å². The number of hydrogen-bond acceptors (Lipinski definition) is 4. The van der Waals surface area contributed by atoms with Crippen LogP contribution in [0.5, 0.6) is 0 Å². The highest BCUT2D eigenvalue weighted by atomic mass is 28.4. The van der Waals surface area contributed by atoms with E-state index in [0.717, 1.165) is 28.9 Å². The molecule has 185 valence electrons. The van der Waals surface area contributed by atoms with Crippen LogP contribution in [-0.4, -0.2) is 42.7 Å². The van der Waals surface area contributed by atoms with Crippen LogP contribution in [0, 0.1) is 18.7 Å². The average molecular weight is 478 g/mol. The number of carbonyl (C=O) groups excluding carboxylic acids is 1. The van der Waals surface area contributed by atoms with Crippen molar-refractivity contribution >= 4 is 25.4 Å². The van der Waals surface area contributed by atoms with Crippen molar-refractivity contribution < 1.29 is 18.3 Å². The molecule has 1 atom stereocenters. The molecule has 1 aromatic carbocycles. The van der Waals surface area contributed by atoms with Crippen LogP contribution < -0.4 is 5.32 Å². The van der Waals surface area contributed by atoms with Crippen molar-refractivity contribution in [2.45, 2.75) is 91.6 Å². The van der Waals surface area contributed by atoms with E-state index in [1.165, 1.54) is 0 Å². The van der Waals surface area contributed by atoms with Crippen LogP contribution in [0.25, 0.3) is 11.0 Å². The van der Waals surface area contributed by atoms with Crippen LogP contribution in [-0.2, 0) is 28.5 Å². The molecule has 2 aromatic rings. The molecule has 3 rings (SSSR count). The highest BCUT2D eigenvalue weighted by molar-refractivity contribution is 6.74. The minimum absolute atomic E-state index is 0.158. The van der Waals surface area contributed by atoms with Gasteiger partial charge in [-0.25, -0.2) is 14.2 Å². The van der Waals surface area contributed by atoms with Gasteiger partial charge >= 0.3 is 6.09 Å². The standard InChI is InChI=1S/C25H40FN3O3Si/c1-16-28-22-20(29(16)11-10-27-23(30)32-24(2,3)4)14-18-12-17(13-19(18)21(22)26)15-31-33(8,9)25(5,6)7/h14,17H,10-13,15H2,1-9H3,(H,27,30)/q-1. The summed E-state index contributed by atoms with van der Waals surface area (Å²) in [6, 6.07) is 2.08. The van der Waals surface area contributed by atoms with Gasteiger partial charge in [0.2, 0.25) is 0 Å². The molecule has 0 radical (unpaired) electrons. The molecule has 1 heterocycles. The Labute approximate surface area is 198 Å². The van der Waals surface area contributed by atoms with Crippen LogP contribution in [0.2, 0.25) is 18.1 Å². The molecule has 0 saturated carbocycles. The summed E-state index contributed by atoms with van der Waals surface area (Å²) in [5, 5.41) is 2.93. The van der Waals surface area contributed by atoms with Gasteiger partial charge in [-0.2, -0.15) is 0 Å². The van der Waals surface area contributed by atoms with Gasteiger partial charge in [0.25, 0.3) is 0 Å². The first-order valence-corrected chi connectivity index (χ1v) is 14.8. The van der Waals surface area contributed by atoms with Crippen molar-refractivity contribution in [3.8, 4) is 0 Å². The Bertz CT molecular complexity index is 1030. The summed E-state index contributed by atoms with van der Waals surface area (Å²) in [6.45, 7) is 20.1. The number of aryl methyl sites for hydroxylation is 1. The first kappa shape index (κ1) is 25.7. The Kier molecular flexibility index (Phi) is 7.02. The number of aromatic nitrogens is 2. The average Bonchev–Trinajstić information content (AvgIpc) is 3.20. The molecule has 1 aromatic heterocycles. The Morgan fingerprint density at radius 3 is 2.52 bits per heavy atom. The summed E-state index contributed by atoms with van der Waals surface area (Å²) in [4.78, 5) is 16.5. The first-order valence-electron chi connectivity index (χ1n) is 11.9. The second kappa shape index (κ2) is 9.02. The maximum atomic E-state index is 15.4. The minimum Gasteiger partial charge on any atom is -0.564 e. The molecule has 0 bridgehead atoms. The van der Waals surface area contributed by atoms with Gasteiger partial charge in [0.05, 0.1) is 5.52 Å². The van der Waals surface area contributed by atoms with Crippen molar-refractivity contribution in [2.75, 3.05) is 13.2 Å². The molecule has 1 aliphatic rings. The fourth-order valence-corrected chi connectivity index (χ4v) is 5.11. The lowest BCUT2D eigenvalue weighted by Gasteiger charge is -2.49. The molecule has 1 unspecified atom stereocenters. The number of fused-ring (bicyclic) bond motifs is 2. The van der Waals surface area contributed by atoms with Crippen LogP contribution in [0.1, 0.15) is 58.5 Å². The topological polar surface area (TPSA) is 65.4 Å². The zero-order valence-corrected chi connectivity index (χ0v) is 22.7. The quantitative estimate of drug-likeness (QED) is 0.539. The van der Waals surface area contributed by atoms with Crippen molar-refractivity contribution in [1.82, 2.24) is 14.9 Å². The Morgan fingerprint density at radius 2 is 1.91 bits per heavy atom. The third kappa shape index (κ3) is 5.77. The van der Waals surface area contributed by atoms with E-state index in [2.05, 4.69) is 50.2 Å². The van der Waals surface area contributed by atoms with E-state index in [-0.39, 0.29) is 10.9 Å². The number of rotatable bonds is 6. The summed E-state index contributed by atoms with van der Waals surface area (Å²) in [5.41, 5.74) is 2.47. The number of nitrogens with one attached hydrogen (secondary N) is 1. The molecule has 0 saturated heterocycles. The van der Waals surface area contributed by atoms with E-state index in [1.54, 1.807) is 0 Å². The highest BCUT2D eigenvalue weighted by Gasteiger charge is 2.30. The molecular weight excluding hydrogens is 437 g/mol. The molecule has 0 aliphatic heterocycles. The molecule has 1 N–H and O–H groups in total. The lowest BCUT2D eigenvalue weighted by molar-refractivity contribution is 0.0526. The molecule has 1 aliphatic carbocycles. The van der Waals surface area contributed by atoms with Crippen LogP contribution >= 0.6 is 0 Å². The number of benzene rings is 1. The first-order chi connectivity index (χ1) is 15.1. The highest BCUT2D eigenvalue weighted by Crippen LogP contribution is 2.39. The Morgan fingerprint density at radius 1 is 1.24 bits per heavy atom. The largest absolute Gasteiger partial charge is 0.564 e. The van der Waals surface area contributed by atoms with Gasteiger partial charge in [0.1, 0.15) is 16.9 Å². The van der Waals surface area contributed by atoms with E-state index in [4.69, 9.17) is 9.16 Å². The summed E-state index contributed by atoms with van der Waals surface area (Å²) in [7, 11) is -1.84. The van der Waals surface area contributed by atoms with Crippen LogP contribution in [0.4, 0.5) is 9.18 Å². The van der Waals surface area contributed by atoms with E-state index in [9.17, 15) is 4.79 Å². The van der Waals surface area contributed by atoms with E-state index < -0.39 is 20.0 Å². The van der Waals surface area contributed by atoms with Crippen molar-refractivity contribution in [3.63, 3.8) is 0 Å². The fraction of sp³-hybridized carbons (Fsp3) is 0.680. The van der Waals surface area contributed by atoms with Gasteiger partial charge in [-0.1, -0.05) is 20.8 Å². The zero-order chi connectivity index (χ0) is 24.8. The maximum absolute atomic E-state index is 15.4. The minimum atomic E-state index is -1.84. The second-order valence-electron chi connectivity index (χ2n) is 11.8. The summed E-state index contributed by atoms with van der Waals surface area (Å²) >= 11 is 0. The monoisotopic (exact) mass is 477 g/mol. The van der Waals surface area contributed by atoms with Gasteiger partial charge in [-0.15, -0.1) is 18.1 Å². The molecule has 8 heteroatoms. The molecule has 6 nitrogen and oxygen atoms in total. The smallest absolute Gasteiger partial charge is 0.407 e. The normalized spacial score (nSPS) is 16.8. The molecule has 0 fully saturated rings. The van der Waals surface area contributed by atoms with Crippen LogP contribution in [0.15, 0.2) is 6.07 Å². The predicted molar refractivity (Wildman–Crippen MR) is 133 cm³/mol. The number of imidazole rings is 1. The number of ether oxygens (including phenoxy) is 1. The predicted octanol–water partition coefficient (Wildman–Crippen LogP) is 5.75. The summed E-state index contributed by atoms with van der Waals surface area (Å²) in [6.07, 6.45) is 1.05. The van der Waals surface area contributed by atoms with Crippen molar-refractivity contribution in [3.05, 3.63) is 28.8 Å². The lowest BCUT2D eigenvalue weighted by atomic mass is 10.1. The van der Waals surface area contributed by atoms with Gasteiger partial charge < -0.3 is 19.0 Å². The van der Waals surface area contributed by atoms with Crippen molar-refractivity contribution in [2.24, 2.45) is 5.92 Å². The van der Waals surface area contributed by atoms with Gasteiger partial charge in [-0.3, -0.25) is 0 Å². The van der Waals surface area contributed by atoms with Crippen LogP contribution in [0.3, 0.4) is 0 Å². The number of alkyl carbamates (subject to hydrolysis) is 1. The molecule has 0 spiro atoms. The zero-order valence-electron chi connectivity index (χ0n) is 21.7. The number of halogens is 1. The van der Waals surface area contributed by atoms with Gasteiger partial charge in [-0.05, 0) is 72.0 Å². The SMILES string of the molecule is Cc1nc2c(F)c3c(cc2n1CCNC(=O)OC(C)(C)C)CC(CO[Si-](C)(C)C(C)(C)C)C3. The van der Waals surface area contributed by atoms with Gasteiger partial charge in [0, 0.05) is 19.7 Å². The second-order valence-corrected chi connectivity index (χ2v) is 16.6. The number of amides is 1. The summed E-state index contributed by atoms with van der Waals surface area (Å²) in [5.74, 6) is 0.814. The number of nitrogens with zero attached hydrogens (tertiary/aromatic N) is 2. The molecular formula is C25H40FN3O3Si-. The van der Waals surface area contributed by atoms with E-state index in [1.807, 2.05) is 32.3 Å². The van der Waals surface area contributed by atoms with E-state index in [0.29, 0.717) is 37.6 Å². The van der Waals surface area contributed by atoms with Gasteiger partial charge in [0.15, 0.2) is 5.82 Å². The lowest BCUT2D eigenvalue weighted by Crippen LogP contribution is -2.42. The fourth-order valence-electron chi connectivity index (χ4n) is 4.03. The van der Waals surface area contributed by atoms with E-state index >= 15 is 4.39 Å². The number of hydrogen-bond donors (Lipinski definition) is 1. The molecule has 33 heavy (non-hydrogen) atoms. The maximum Gasteiger partial charge on any atom is 0.407 e. The third-order valence-electron chi connectivity index (χ3n) is 6.86.